The van der Waals surface area contributed by atoms with E-state index in [0.717, 1.165) is 99.2 Å². The standard InChI is InChI=1S/C46H26N2O2/c1-3-15-36-32(11-1)33-12-2-4-16-37(33)44-43(36)47-26-40(48-44)29-24-27(30-17-9-19-38-34-13-5-7-21-41(34)49-45(30)38)23-28(25-29)31-18-10-20-39-35-14-6-8-22-42(35)50-46(31)39/h1-26H. The summed E-state index contributed by atoms with van der Waals surface area (Å²) in [5, 5.41) is 8.93. The highest BCUT2D eigenvalue weighted by Gasteiger charge is 2.19. The number of furan rings is 2. The fraction of sp³-hybridized carbons (Fsp3) is 0. The number of benzene rings is 8. The monoisotopic (exact) mass is 638 g/mol. The van der Waals surface area contributed by atoms with E-state index in [-0.39, 0.29) is 0 Å². The van der Waals surface area contributed by atoms with Crippen LogP contribution in [-0.2, 0) is 0 Å². The molecule has 4 heteroatoms. The molecule has 0 aliphatic rings. The summed E-state index contributed by atoms with van der Waals surface area (Å²) in [6, 6.07) is 52.8. The summed E-state index contributed by atoms with van der Waals surface area (Å²) < 4.78 is 13.1. The SMILES string of the molecule is c1ccc2c(c1)oc1c(-c3cc(-c4cnc5c6ccccc6c6ccccc6c5n4)cc(-c4cccc5c4oc4ccccc45)c3)cccc12. The van der Waals surface area contributed by atoms with Gasteiger partial charge in [-0.25, -0.2) is 4.98 Å². The van der Waals surface area contributed by atoms with Crippen LogP contribution in [-0.4, -0.2) is 9.97 Å². The van der Waals surface area contributed by atoms with Crippen LogP contribution in [0.25, 0.3) is 110 Å². The zero-order chi connectivity index (χ0) is 32.8. The number of nitrogens with zero attached hydrogens (tertiary/aromatic N) is 2. The molecule has 0 saturated carbocycles. The molecule has 4 nitrogen and oxygen atoms in total. The summed E-state index contributed by atoms with van der Waals surface area (Å²) >= 11 is 0. The lowest BCUT2D eigenvalue weighted by Gasteiger charge is -2.13. The summed E-state index contributed by atoms with van der Waals surface area (Å²) in [7, 11) is 0. The van der Waals surface area contributed by atoms with Crippen molar-refractivity contribution < 1.29 is 8.83 Å². The van der Waals surface area contributed by atoms with Gasteiger partial charge in [-0.15, -0.1) is 0 Å². The Morgan fingerprint density at radius 2 is 0.800 bits per heavy atom. The van der Waals surface area contributed by atoms with E-state index < -0.39 is 0 Å². The van der Waals surface area contributed by atoms with Crippen LogP contribution in [0, 0.1) is 0 Å². The van der Waals surface area contributed by atoms with E-state index in [9.17, 15) is 0 Å². The van der Waals surface area contributed by atoms with E-state index >= 15 is 0 Å². The molecule has 0 unspecified atom stereocenters. The van der Waals surface area contributed by atoms with Crippen LogP contribution < -0.4 is 0 Å². The highest BCUT2D eigenvalue weighted by Crippen LogP contribution is 2.42. The van der Waals surface area contributed by atoms with Crippen LogP contribution >= 0.6 is 0 Å². The summed E-state index contributed by atoms with van der Waals surface area (Å²) in [6.07, 6.45) is 1.91. The summed E-state index contributed by atoms with van der Waals surface area (Å²) in [5.74, 6) is 0. The molecule has 0 atom stereocenters. The quantitative estimate of drug-likeness (QED) is 0.181. The van der Waals surface area contributed by atoms with E-state index in [1.54, 1.807) is 0 Å². The molecule has 3 aromatic heterocycles. The molecule has 0 bridgehead atoms. The summed E-state index contributed by atoms with van der Waals surface area (Å²) in [4.78, 5) is 10.5. The molecule has 50 heavy (non-hydrogen) atoms. The second-order valence-electron chi connectivity index (χ2n) is 12.9. The van der Waals surface area contributed by atoms with Gasteiger partial charge in [0.15, 0.2) is 0 Å². The molecule has 0 aliphatic heterocycles. The molecule has 232 valence electrons. The Hall–Kier alpha value is -6.78. The average molecular weight is 639 g/mol. The Labute approximate surface area is 285 Å². The van der Waals surface area contributed by atoms with Crippen molar-refractivity contribution in [3.63, 3.8) is 0 Å². The van der Waals surface area contributed by atoms with Gasteiger partial charge < -0.3 is 8.83 Å². The van der Waals surface area contributed by atoms with E-state index in [1.807, 2.05) is 30.5 Å². The molecular formula is C46H26N2O2. The van der Waals surface area contributed by atoms with Crippen molar-refractivity contribution in [3.8, 4) is 33.5 Å². The van der Waals surface area contributed by atoms with Gasteiger partial charge in [-0.2, -0.15) is 0 Å². The van der Waals surface area contributed by atoms with Crippen molar-refractivity contribution in [3.05, 3.63) is 158 Å². The maximum Gasteiger partial charge on any atom is 0.143 e. The molecule has 8 aromatic carbocycles. The van der Waals surface area contributed by atoms with E-state index in [4.69, 9.17) is 18.8 Å². The third-order valence-electron chi connectivity index (χ3n) is 10.1. The van der Waals surface area contributed by atoms with Crippen LogP contribution in [0.1, 0.15) is 0 Å². The predicted molar refractivity (Wildman–Crippen MR) is 205 cm³/mol. The van der Waals surface area contributed by atoms with Gasteiger partial charge in [-0.3, -0.25) is 4.98 Å². The highest BCUT2D eigenvalue weighted by atomic mass is 16.3. The third kappa shape index (κ3) is 3.93. The Morgan fingerprint density at radius 1 is 0.360 bits per heavy atom. The fourth-order valence-corrected chi connectivity index (χ4v) is 7.80. The van der Waals surface area contributed by atoms with Gasteiger partial charge in [0.25, 0.3) is 0 Å². The Kier molecular flexibility index (Phi) is 5.63. The first kappa shape index (κ1) is 27.2. The minimum absolute atomic E-state index is 0.801. The van der Waals surface area contributed by atoms with Crippen molar-refractivity contribution in [2.45, 2.75) is 0 Å². The Balaban J connectivity index is 1.21. The lowest BCUT2D eigenvalue weighted by Crippen LogP contribution is -1.93. The van der Waals surface area contributed by atoms with Crippen LogP contribution in [0.5, 0.6) is 0 Å². The number of aromatic nitrogens is 2. The first-order valence-electron chi connectivity index (χ1n) is 16.8. The van der Waals surface area contributed by atoms with E-state index in [0.29, 0.717) is 0 Å². The zero-order valence-corrected chi connectivity index (χ0v) is 26.7. The summed E-state index contributed by atoms with van der Waals surface area (Å²) in [5.41, 5.74) is 11.1. The van der Waals surface area contributed by atoms with Crippen molar-refractivity contribution in [2.24, 2.45) is 0 Å². The number of hydrogen-bond acceptors (Lipinski definition) is 4. The molecule has 11 aromatic rings. The molecule has 0 fully saturated rings. The van der Waals surface area contributed by atoms with Gasteiger partial charge in [-0.1, -0.05) is 121 Å². The Morgan fingerprint density at radius 3 is 1.36 bits per heavy atom. The number of hydrogen-bond donors (Lipinski definition) is 0. The van der Waals surface area contributed by atoms with Gasteiger partial charge in [0, 0.05) is 49.0 Å². The normalized spacial score (nSPS) is 12.0. The smallest absolute Gasteiger partial charge is 0.143 e. The fourth-order valence-electron chi connectivity index (χ4n) is 7.80. The second-order valence-corrected chi connectivity index (χ2v) is 12.9. The number of fused-ring (bicyclic) bond motifs is 12. The molecule has 0 radical (unpaired) electrons. The van der Waals surface area contributed by atoms with Gasteiger partial charge in [0.05, 0.1) is 22.9 Å². The maximum atomic E-state index is 6.54. The first-order chi connectivity index (χ1) is 24.8. The maximum absolute atomic E-state index is 6.54. The second kappa shape index (κ2) is 10.4. The molecule has 3 heterocycles. The van der Waals surface area contributed by atoms with Gasteiger partial charge in [-0.05, 0) is 52.2 Å². The first-order valence-corrected chi connectivity index (χ1v) is 16.8. The molecule has 0 aliphatic carbocycles. The van der Waals surface area contributed by atoms with Crippen molar-refractivity contribution >= 4 is 76.5 Å². The Bertz CT molecular complexity index is 3000. The van der Waals surface area contributed by atoms with Crippen LogP contribution in [0.2, 0.25) is 0 Å². The molecule has 0 amide bonds. The van der Waals surface area contributed by atoms with Crippen molar-refractivity contribution in [1.29, 1.82) is 0 Å². The van der Waals surface area contributed by atoms with Crippen molar-refractivity contribution in [2.75, 3.05) is 0 Å². The van der Waals surface area contributed by atoms with Gasteiger partial charge in [0.2, 0.25) is 0 Å². The molecular weight excluding hydrogens is 613 g/mol. The predicted octanol–water partition coefficient (Wildman–Crippen LogP) is 12.7. The van der Waals surface area contributed by atoms with Crippen LogP contribution in [0.4, 0.5) is 0 Å². The molecule has 0 N–H and O–H groups in total. The molecule has 0 saturated heterocycles. The molecule has 0 spiro atoms. The number of para-hydroxylation sites is 4. The topological polar surface area (TPSA) is 52.1 Å². The molecule has 11 rings (SSSR count). The van der Waals surface area contributed by atoms with Crippen LogP contribution in [0.3, 0.4) is 0 Å². The van der Waals surface area contributed by atoms with E-state index in [1.165, 1.54) is 10.8 Å². The van der Waals surface area contributed by atoms with Gasteiger partial charge >= 0.3 is 0 Å². The highest BCUT2D eigenvalue weighted by molar-refractivity contribution is 6.23. The minimum atomic E-state index is 0.801. The number of rotatable bonds is 3. The van der Waals surface area contributed by atoms with Crippen LogP contribution in [0.15, 0.2) is 167 Å². The largest absolute Gasteiger partial charge is 0.455 e. The summed E-state index contributed by atoms with van der Waals surface area (Å²) in [6.45, 7) is 0. The van der Waals surface area contributed by atoms with Gasteiger partial charge in [0.1, 0.15) is 22.3 Å². The lowest BCUT2D eigenvalue weighted by atomic mass is 9.93. The minimum Gasteiger partial charge on any atom is -0.455 e. The van der Waals surface area contributed by atoms with E-state index in [2.05, 4.69) is 127 Å². The average Bonchev–Trinajstić information content (AvgIpc) is 3.76. The zero-order valence-electron chi connectivity index (χ0n) is 26.7. The third-order valence-corrected chi connectivity index (χ3v) is 10.1. The van der Waals surface area contributed by atoms with Crippen molar-refractivity contribution in [1.82, 2.24) is 9.97 Å². The lowest BCUT2D eigenvalue weighted by molar-refractivity contribution is 0.670.